The zero-order valence-corrected chi connectivity index (χ0v) is 7.22. The largest absolute Gasteiger partial charge is 0.429 e. The third-order valence-corrected chi connectivity index (χ3v) is 3.19. The lowest BCUT2D eigenvalue weighted by atomic mass is 10.4. The second-order valence-electron chi connectivity index (χ2n) is 2.29. The van der Waals surface area contributed by atoms with Gasteiger partial charge in [-0.25, -0.2) is 0 Å². The number of nitriles is 1. The first-order valence-corrected chi connectivity index (χ1v) is 5.35. The van der Waals surface area contributed by atoms with E-state index in [-0.39, 0.29) is 0 Å². The molecule has 0 aromatic heterocycles. The summed E-state index contributed by atoms with van der Waals surface area (Å²) >= 11 is 0. The van der Waals surface area contributed by atoms with Crippen molar-refractivity contribution in [3.8, 4) is 6.07 Å². The summed E-state index contributed by atoms with van der Waals surface area (Å²) in [4.78, 5) is 9.44. The molecule has 0 radical (unpaired) electrons. The van der Waals surface area contributed by atoms with Gasteiger partial charge in [-0.2, -0.15) is 5.26 Å². The van der Waals surface area contributed by atoms with Crippen molar-refractivity contribution in [1.29, 1.82) is 5.26 Å². The van der Waals surface area contributed by atoms with E-state index in [1.54, 1.807) is 0 Å². The molecule has 0 saturated heterocycles. The minimum Gasteiger partial charge on any atom is -0.429 e. The molecule has 56 valence electrons. The first-order valence-electron chi connectivity index (χ1n) is 3.44. The topological polar surface area (TPSA) is 44.0 Å². The molecule has 1 aromatic carbocycles. The molecular weight excluding hydrogens is 154 g/mol. The van der Waals surface area contributed by atoms with Crippen LogP contribution in [0.25, 0.3) is 0 Å². The van der Waals surface area contributed by atoms with Gasteiger partial charge < -0.3 is 4.80 Å². The van der Waals surface area contributed by atoms with Crippen molar-refractivity contribution in [3.05, 3.63) is 30.3 Å². The molecule has 1 rings (SSSR count). The lowest BCUT2D eigenvalue weighted by molar-refractivity contribution is 0.589. The Morgan fingerprint density at radius 1 is 1.36 bits per heavy atom. The van der Waals surface area contributed by atoms with Crippen molar-refractivity contribution in [1.82, 2.24) is 0 Å². The number of benzene rings is 1. The van der Waals surface area contributed by atoms with Gasteiger partial charge in [0.15, 0.2) is 0 Å². The second kappa shape index (κ2) is 3.91. The maximum Gasteiger partial charge on any atom is 0.217 e. The number of rotatable bonds is 2. The third-order valence-electron chi connectivity index (χ3n) is 1.47. The zero-order valence-electron chi connectivity index (χ0n) is 6.07. The Kier molecular flexibility index (Phi) is 2.84. The van der Waals surface area contributed by atoms with Crippen LogP contribution in [0.2, 0.25) is 6.04 Å². The van der Waals surface area contributed by atoms with Crippen LogP contribution >= 0.6 is 0 Å². The predicted molar refractivity (Wildman–Crippen MR) is 45.9 cm³/mol. The summed E-state index contributed by atoms with van der Waals surface area (Å²) in [5, 5.41) is 9.26. The number of hydrogen-bond acceptors (Lipinski definition) is 2. The minimum atomic E-state index is -1.92. The SMILES string of the molecule is N#CC[SiH](O)c1ccccc1. The highest BCUT2D eigenvalue weighted by Gasteiger charge is 2.07. The molecule has 0 amide bonds. The Hall–Kier alpha value is -1.11. The molecule has 0 bridgehead atoms. The van der Waals surface area contributed by atoms with Gasteiger partial charge in [-0.1, -0.05) is 30.3 Å². The van der Waals surface area contributed by atoms with Crippen molar-refractivity contribution in [2.24, 2.45) is 0 Å². The fourth-order valence-electron chi connectivity index (χ4n) is 0.880. The lowest BCUT2D eigenvalue weighted by Crippen LogP contribution is -2.28. The van der Waals surface area contributed by atoms with Crippen LogP contribution in [0.15, 0.2) is 30.3 Å². The van der Waals surface area contributed by atoms with Crippen LogP contribution in [0.5, 0.6) is 0 Å². The van der Waals surface area contributed by atoms with Crippen LogP contribution in [0.3, 0.4) is 0 Å². The van der Waals surface area contributed by atoms with Crippen LogP contribution in [-0.2, 0) is 0 Å². The molecule has 0 heterocycles. The molecule has 1 unspecified atom stereocenters. The highest BCUT2D eigenvalue weighted by molar-refractivity contribution is 6.66. The molecule has 2 nitrogen and oxygen atoms in total. The average Bonchev–Trinajstić information content (AvgIpc) is 2.07. The minimum absolute atomic E-state index is 0.296. The summed E-state index contributed by atoms with van der Waals surface area (Å²) < 4.78 is 0. The van der Waals surface area contributed by atoms with Crippen LogP contribution in [0, 0.1) is 11.3 Å². The van der Waals surface area contributed by atoms with E-state index in [1.165, 1.54) is 0 Å². The Labute approximate surface area is 67.4 Å². The third kappa shape index (κ3) is 2.19. The molecular formula is C8H9NOSi. The van der Waals surface area contributed by atoms with Crippen LogP contribution in [0.4, 0.5) is 0 Å². The van der Waals surface area contributed by atoms with Gasteiger partial charge in [0.25, 0.3) is 0 Å². The first-order chi connectivity index (χ1) is 5.34. The predicted octanol–water partition coefficient (Wildman–Crippen LogP) is 0.133. The molecule has 0 aliphatic rings. The van der Waals surface area contributed by atoms with Crippen molar-refractivity contribution in [2.75, 3.05) is 0 Å². The van der Waals surface area contributed by atoms with E-state index in [0.29, 0.717) is 6.04 Å². The van der Waals surface area contributed by atoms with Crippen LogP contribution < -0.4 is 5.19 Å². The number of hydrogen-bond donors (Lipinski definition) is 1. The molecule has 0 saturated carbocycles. The molecule has 3 heteroatoms. The summed E-state index contributed by atoms with van der Waals surface area (Å²) in [6.07, 6.45) is 0. The quantitative estimate of drug-likeness (QED) is 0.630. The van der Waals surface area contributed by atoms with E-state index in [0.717, 1.165) is 5.19 Å². The molecule has 1 atom stereocenters. The van der Waals surface area contributed by atoms with Crippen molar-refractivity contribution in [2.45, 2.75) is 6.04 Å². The van der Waals surface area contributed by atoms with Gasteiger partial charge >= 0.3 is 0 Å². The normalized spacial score (nSPS) is 12.0. The van der Waals surface area contributed by atoms with E-state index in [2.05, 4.69) is 0 Å². The maximum absolute atomic E-state index is 9.44. The molecule has 0 spiro atoms. The summed E-state index contributed by atoms with van der Waals surface area (Å²) in [6, 6.07) is 11.7. The Balaban J connectivity index is 2.70. The standard InChI is InChI=1S/C8H9NOSi/c9-6-7-11(10)8-4-2-1-3-5-8/h1-5,10-11H,7H2. The van der Waals surface area contributed by atoms with Crippen molar-refractivity contribution in [3.63, 3.8) is 0 Å². The lowest BCUT2D eigenvalue weighted by Gasteiger charge is -2.01. The number of nitrogens with zero attached hydrogens (tertiary/aromatic N) is 1. The Bertz CT molecular complexity index is 255. The zero-order chi connectivity index (χ0) is 8.10. The molecule has 1 N–H and O–H groups in total. The molecule has 0 aliphatic carbocycles. The van der Waals surface area contributed by atoms with E-state index in [4.69, 9.17) is 5.26 Å². The summed E-state index contributed by atoms with van der Waals surface area (Å²) in [5.74, 6) is 0. The maximum atomic E-state index is 9.44. The van der Waals surface area contributed by atoms with Gasteiger partial charge in [-0.15, -0.1) is 0 Å². The molecule has 1 aromatic rings. The van der Waals surface area contributed by atoms with Gasteiger partial charge in [-0.3, -0.25) is 0 Å². The Morgan fingerprint density at radius 3 is 2.55 bits per heavy atom. The highest BCUT2D eigenvalue weighted by Crippen LogP contribution is 1.89. The summed E-state index contributed by atoms with van der Waals surface area (Å²) in [5.41, 5.74) is 0. The molecule has 0 fully saturated rings. The fraction of sp³-hybridized carbons (Fsp3) is 0.125. The molecule has 11 heavy (non-hydrogen) atoms. The first kappa shape index (κ1) is 7.99. The monoisotopic (exact) mass is 163 g/mol. The van der Waals surface area contributed by atoms with E-state index in [9.17, 15) is 4.80 Å². The van der Waals surface area contributed by atoms with E-state index < -0.39 is 9.04 Å². The fourth-order valence-corrected chi connectivity index (χ4v) is 1.95. The summed E-state index contributed by atoms with van der Waals surface area (Å²) in [6.45, 7) is 0. The molecule has 0 aliphatic heterocycles. The van der Waals surface area contributed by atoms with Crippen LogP contribution in [-0.4, -0.2) is 13.8 Å². The smallest absolute Gasteiger partial charge is 0.217 e. The van der Waals surface area contributed by atoms with E-state index >= 15 is 0 Å². The van der Waals surface area contributed by atoms with Gasteiger partial charge in [0.1, 0.15) is 0 Å². The summed E-state index contributed by atoms with van der Waals surface area (Å²) in [7, 11) is -1.92. The Morgan fingerprint density at radius 2 is 2.00 bits per heavy atom. The van der Waals surface area contributed by atoms with Gasteiger partial charge in [-0.05, 0) is 5.19 Å². The average molecular weight is 163 g/mol. The van der Waals surface area contributed by atoms with Gasteiger partial charge in [0, 0.05) is 0 Å². The van der Waals surface area contributed by atoms with Gasteiger partial charge in [0.05, 0.1) is 12.1 Å². The second-order valence-corrected chi connectivity index (χ2v) is 4.40. The van der Waals surface area contributed by atoms with E-state index in [1.807, 2.05) is 36.4 Å². The highest BCUT2D eigenvalue weighted by atomic mass is 28.3. The van der Waals surface area contributed by atoms with Crippen molar-refractivity contribution < 1.29 is 4.80 Å². The van der Waals surface area contributed by atoms with Crippen molar-refractivity contribution >= 4 is 14.2 Å². The van der Waals surface area contributed by atoms with Gasteiger partial charge in [0.2, 0.25) is 9.04 Å². The van der Waals surface area contributed by atoms with Crippen LogP contribution in [0.1, 0.15) is 0 Å².